The van der Waals surface area contributed by atoms with Crippen molar-refractivity contribution in [3.63, 3.8) is 0 Å². The van der Waals surface area contributed by atoms with Gasteiger partial charge in [-0.15, -0.1) is 0 Å². The summed E-state index contributed by atoms with van der Waals surface area (Å²) in [5, 5.41) is 0. The zero-order valence-corrected chi connectivity index (χ0v) is 12.2. The molecule has 0 saturated heterocycles. The van der Waals surface area contributed by atoms with Gasteiger partial charge < -0.3 is 0 Å². The van der Waals surface area contributed by atoms with E-state index in [1.54, 1.807) is 11.1 Å². The zero-order chi connectivity index (χ0) is 12.6. The van der Waals surface area contributed by atoms with Crippen molar-refractivity contribution in [2.24, 2.45) is 5.41 Å². The molecule has 0 rings (SSSR count). The fourth-order valence-electron chi connectivity index (χ4n) is 2.01. The Bertz CT molecular complexity index is 241. The molecule has 0 aromatic carbocycles. The molecule has 0 aliphatic heterocycles. The quantitative estimate of drug-likeness (QED) is 0.471. The van der Waals surface area contributed by atoms with E-state index < -0.39 is 0 Å². The van der Waals surface area contributed by atoms with Gasteiger partial charge in [0.2, 0.25) is 0 Å². The van der Waals surface area contributed by atoms with E-state index in [2.05, 4.69) is 53.7 Å². The molecule has 0 saturated carbocycles. The Hall–Kier alpha value is -0.520. The summed E-state index contributed by atoms with van der Waals surface area (Å²) in [5.41, 5.74) is 3.56. The fourth-order valence-corrected chi connectivity index (χ4v) is 2.01. The van der Waals surface area contributed by atoms with Crippen LogP contribution in [0.5, 0.6) is 0 Å². The summed E-state index contributed by atoms with van der Waals surface area (Å²) in [7, 11) is 0. The molecule has 94 valence electrons. The Balaban J connectivity index is 4.45. The van der Waals surface area contributed by atoms with Crippen LogP contribution in [0.2, 0.25) is 0 Å². The van der Waals surface area contributed by atoms with Crippen LogP contribution < -0.4 is 0 Å². The molecule has 0 radical (unpaired) electrons. The van der Waals surface area contributed by atoms with Crippen LogP contribution in [0, 0.1) is 5.41 Å². The molecular weight excluding hydrogens is 192 g/mol. The van der Waals surface area contributed by atoms with Crippen LogP contribution in [-0.2, 0) is 0 Å². The van der Waals surface area contributed by atoms with E-state index in [0.717, 1.165) is 0 Å². The van der Waals surface area contributed by atoms with E-state index in [4.69, 9.17) is 0 Å². The second kappa shape index (κ2) is 7.70. The number of allylic oxidation sites excluding steroid dienone is 4. The molecule has 0 N–H and O–H groups in total. The van der Waals surface area contributed by atoms with Crippen molar-refractivity contribution in [2.75, 3.05) is 0 Å². The standard InChI is InChI=1S/C16H30/c1-7-9-11-13-16(5,6)15(4)14(3)12-10-8-2/h7,9H,8,10-13H2,1-6H3. The average molecular weight is 222 g/mol. The van der Waals surface area contributed by atoms with Crippen molar-refractivity contribution in [2.45, 2.75) is 73.6 Å². The molecule has 0 unspecified atom stereocenters. The minimum atomic E-state index is 0.358. The first-order valence-electron chi connectivity index (χ1n) is 6.73. The van der Waals surface area contributed by atoms with Crippen LogP contribution in [0.3, 0.4) is 0 Å². The third kappa shape index (κ3) is 5.53. The predicted molar refractivity (Wildman–Crippen MR) is 75.7 cm³/mol. The Morgan fingerprint density at radius 3 is 2.31 bits per heavy atom. The Kier molecular flexibility index (Phi) is 7.45. The fraction of sp³-hybridized carbons (Fsp3) is 0.750. The molecule has 16 heavy (non-hydrogen) atoms. The molecule has 0 nitrogen and oxygen atoms in total. The van der Waals surface area contributed by atoms with Gasteiger partial charge in [0.05, 0.1) is 0 Å². The highest BCUT2D eigenvalue weighted by atomic mass is 14.3. The maximum Gasteiger partial charge on any atom is -0.0142 e. The van der Waals surface area contributed by atoms with E-state index in [1.165, 1.54) is 32.1 Å². The molecule has 0 atom stereocenters. The first kappa shape index (κ1) is 15.5. The largest absolute Gasteiger partial charge is 0.0917 e. The summed E-state index contributed by atoms with van der Waals surface area (Å²) in [6.45, 7) is 13.7. The molecule has 0 aliphatic carbocycles. The minimum absolute atomic E-state index is 0.358. The van der Waals surface area contributed by atoms with E-state index in [0.29, 0.717) is 5.41 Å². The van der Waals surface area contributed by atoms with Crippen molar-refractivity contribution in [3.05, 3.63) is 23.3 Å². The van der Waals surface area contributed by atoms with Gasteiger partial charge in [0.25, 0.3) is 0 Å². The lowest BCUT2D eigenvalue weighted by atomic mass is 9.78. The monoisotopic (exact) mass is 222 g/mol. The van der Waals surface area contributed by atoms with Crippen LogP contribution in [0.15, 0.2) is 23.3 Å². The Morgan fingerprint density at radius 1 is 1.19 bits per heavy atom. The minimum Gasteiger partial charge on any atom is -0.0917 e. The van der Waals surface area contributed by atoms with Crippen LogP contribution in [0.25, 0.3) is 0 Å². The van der Waals surface area contributed by atoms with Gasteiger partial charge in [-0.2, -0.15) is 0 Å². The van der Waals surface area contributed by atoms with E-state index >= 15 is 0 Å². The lowest BCUT2D eigenvalue weighted by Gasteiger charge is -2.27. The van der Waals surface area contributed by atoms with Gasteiger partial charge in [-0.3, -0.25) is 0 Å². The smallest absolute Gasteiger partial charge is 0.0142 e. The summed E-state index contributed by atoms with van der Waals surface area (Å²) in [5.74, 6) is 0. The van der Waals surface area contributed by atoms with Gasteiger partial charge in [0.15, 0.2) is 0 Å². The van der Waals surface area contributed by atoms with E-state index in [9.17, 15) is 0 Å². The van der Waals surface area contributed by atoms with E-state index in [-0.39, 0.29) is 0 Å². The number of hydrogen-bond acceptors (Lipinski definition) is 0. The molecule has 0 heteroatoms. The molecule has 0 spiro atoms. The third-order valence-corrected chi connectivity index (χ3v) is 3.73. The van der Waals surface area contributed by atoms with Gasteiger partial charge in [-0.05, 0) is 51.9 Å². The average Bonchev–Trinajstić information content (AvgIpc) is 2.25. The van der Waals surface area contributed by atoms with Crippen LogP contribution in [0.1, 0.15) is 73.6 Å². The first-order valence-corrected chi connectivity index (χ1v) is 6.73. The van der Waals surface area contributed by atoms with Gasteiger partial charge in [-0.1, -0.05) is 50.5 Å². The summed E-state index contributed by atoms with van der Waals surface area (Å²) in [6, 6.07) is 0. The molecular formula is C16H30. The Morgan fingerprint density at radius 2 is 1.81 bits per heavy atom. The first-order chi connectivity index (χ1) is 7.45. The summed E-state index contributed by atoms with van der Waals surface area (Å²) >= 11 is 0. The lowest BCUT2D eigenvalue weighted by Crippen LogP contribution is -2.14. The van der Waals surface area contributed by atoms with Gasteiger partial charge in [0.1, 0.15) is 0 Å². The summed E-state index contributed by atoms with van der Waals surface area (Å²) in [6.07, 6.45) is 10.8. The molecule has 0 heterocycles. The highest BCUT2D eigenvalue weighted by Crippen LogP contribution is 2.34. The lowest BCUT2D eigenvalue weighted by molar-refractivity contribution is 0.406. The zero-order valence-electron chi connectivity index (χ0n) is 12.2. The van der Waals surface area contributed by atoms with Crippen molar-refractivity contribution in [1.82, 2.24) is 0 Å². The van der Waals surface area contributed by atoms with Crippen molar-refractivity contribution >= 4 is 0 Å². The molecule has 0 amide bonds. The van der Waals surface area contributed by atoms with E-state index in [1.807, 2.05) is 0 Å². The Labute approximate surface area is 103 Å². The predicted octanol–water partition coefficient (Wildman–Crippen LogP) is 5.90. The second-order valence-corrected chi connectivity index (χ2v) is 5.50. The number of rotatable bonds is 7. The maximum absolute atomic E-state index is 2.38. The molecule has 0 aromatic heterocycles. The number of hydrogen-bond donors (Lipinski definition) is 0. The molecule has 0 fully saturated rings. The normalized spacial score (nSPS) is 14.4. The molecule has 0 aliphatic rings. The van der Waals surface area contributed by atoms with Gasteiger partial charge in [0, 0.05) is 0 Å². The maximum atomic E-state index is 2.38. The highest BCUT2D eigenvalue weighted by molar-refractivity contribution is 5.17. The van der Waals surface area contributed by atoms with Crippen LogP contribution in [0.4, 0.5) is 0 Å². The SMILES string of the molecule is CC=CCCC(C)(C)C(C)=C(C)CCCC. The van der Waals surface area contributed by atoms with Gasteiger partial charge in [-0.25, -0.2) is 0 Å². The van der Waals surface area contributed by atoms with Crippen LogP contribution in [-0.4, -0.2) is 0 Å². The van der Waals surface area contributed by atoms with Crippen LogP contribution >= 0.6 is 0 Å². The highest BCUT2D eigenvalue weighted by Gasteiger charge is 2.20. The van der Waals surface area contributed by atoms with Crippen molar-refractivity contribution < 1.29 is 0 Å². The topological polar surface area (TPSA) is 0 Å². The summed E-state index contributed by atoms with van der Waals surface area (Å²) in [4.78, 5) is 0. The second-order valence-electron chi connectivity index (χ2n) is 5.50. The molecule has 0 aromatic rings. The van der Waals surface area contributed by atoms with Crippen molar-refractivity contribution in [3.8, 4) is 0 Å². The van der Waals surface area contributed by atoms with Gasteiger partial charge >= 0.3 is 0 Å². The number of unbranched alkanes of at least 4 members (excludes halogenated alkanes) is 1. The van der Waals surface area contributed by atoms with Crippen molar-refractivity contribution in [1.29, 1.82) is 0 Å². The molecule has 0 bridgehead atoms. The third-order valence-electron chi connectivity index (χ3n) is 3.73. The summed E-state index contributed by atoms with van der Waals surface area (Å²) < 4.78 is 0.